The summed E-state index contributed by atoms with van der Waals surface area (Å²) in [6.07, 6.45) is 1.66. The van der Waals surface area contributed by atoms with Gasteiger partial charge in [0.1, 0.15) is 5.75 Å². The molecule has 0 spiro atoms. The van der Waals surface area contributed by atoms with Crippen molar-refractivity contribution in [3.8, 4) is 11.6 Å². The van der Waals surface area contributed by atoms with E-state index in [2.05, 4.69) is 36.1 Å². The van der Waals surface area contributed by atoms with Crippen LogP contribution in [0.1, 0.15) is 38.1 Å². The van der Waals surface area contributed by atoms with Crippen LogP contribution in [-0.4, -0.2) is 31.2 Å². The summed E-state index contributed by atoms with van der Waals surface area (Å²) in [5.74, 6) is 0.538. The van der Waals surface area contributed by atoms with Gasteiger partial charge in [0.15, 0.2) is 0 Å². The Kier molecular flexibility index (Phi) is 5.42. The molecular formula is C18H21Cl2N3O3S. The van der Waals surface area contributed by atoms with Gasteiger partial charge in [0.05, 0.1) is 16.3 Å². The van der Waals surface area contributed by atoms with Gasteiger partial charge < -0.3 is 10.1 Å². The molecule has 1 atom stereocenters. The number of ether oxygens (including phenoxy) is 1. The molecule has 2 heterocycles. The first kappa shape index (κ1) is 20.3. The second-order valence-electron chi connectivity index (χ2n) is 7.62. The smallest absolute Gasteiger partial charge is 0.250 e. The lowest BCUT2D eigenvalue weighted by Gasteiger charge is -2.36. The Bertz CT molecular complexity index is 988. The Morgan fingerprint density at radius 2 is 1.93 bits per heavy atom. The van der Waals surface area contributed by atoms with E-state index in [9.17, 15) is 8.42 Å². The molecule has 1 aliphatic rings. The Hall–Kier alpha value is -1.41. The van der Waals surface area contributed by atoms with Crippen molar-refractivity contribution in [3.63, 3.8) is 0 Å². The lowest BCUT2D eigenvalue weighted by atomic mass is 9.80. The van der Waals surface area contributed by atoms with E-state index in [1.807, 2.05) is 0 Å². The van der Waals surface area contributed by atoms with Crippen molar-refractivity contribution in [2.75, 3.05) is 12.8 Å². The van der Waals surface area contributed by atoms with Crippen LogP contribution in [-0.2, 0) is 16.3 Å². The summed E-state index contributed by atoms with van der Waals surface area (Å²) in [6, 6.07) is 4.73. The first-order chi connectivity index (χ1) is 12.5. The highest BCUT2D eigenvalue weighted by Gasteiger charge is 2.36. The van der Waals surface area contributed by atoms with E-state index in [0.29, 0.717) is 34.5 Å². The van der Waals surface area contributed by atoms with E-state index in [0.717, 1.165) is 11.8 Å². The molecule has 0 radical (unpaired) electrons. The summed E-state index contributed by atoms with van der Waals surface area (Å²) >= 11 is 12.2. The van der Waals surface area contributed by atoms with Gasteiger partial charge in [-0.25, -0.2) is 13.4 Å². The predicted octanol–water partition coefficient (Wildman–Crippen LogP) is 4.21. The first-order valence-electron chi connectivity index (χ1n) is 8.44. The van der Waals surface area contributed by atoms with E-state index >= 15 is 0 Å². The van der Waals surface area contributed by atoms with Crippen molar-refractivity contribution in [2.24, 2.45) is 5.41 Å². The molecule has 1 unspecified atom stereocenters. The minimum Gasteiger partial charge on any atom is -0.437 e. The maximum Gasteiger partial charge on any atom is 0.250 e. The molecule has 0 bridgehead atoms. The molecule has 1 N–H and O–H groups in total. The van der Waals surface area contributed by atoms with Gasteiger partial charge in [-0.3, -0.25) is 0 Å². The Morgan fingerprint density at radius 1 is 1.22 bits per heavy atom. The van der Waals surface area contributed by atoms with E-state index in [4.69, 9.17) is 27.9 Å². The molecule has 0 fully saturated rings. The number of nitrogens with zero attached hydrogens (tertiary/aromatic N) is 2. The molecule has 27 heavy (non-hydrogen) atoms. The zero-order chi connectivity index (χ0) is 20.0. The first-order valence-corrected chi connectivity index (χ1v) is 11.1. The van der Waals surface area contributed by atoms with Crippen molar-refractivity contribution >= 4 is 33.0 Å². The van der Waals surface area contributed by atoms with Crippen LogP contribution in [0.3, 0.4) is 0 Å². The van der Waals surface area contributed by atoms with Crippen LogP contribution in [0.15, 0.2) is 23.4 Å². The fraction of sp³-hybridized carbons (Fsp3) is 0.444. The quantitative estimate of drug-likeness (QED) is 0.735. The second kappa shape index (κ2) is 7.20. The van der Waals surface area contributed by atoms with Crippen LogP contribution in [0.2, 0.25) is 10.0 Å². The average Bonchev–Trinajstić information content (AvgIpc) is 2.55. The van der Waals surface area contributed by atoms with Crippen LogP contribution in [0.4, 0.5) is 0 Å². The summed E-state index contributed by atoms with van der Waals surface area (Å²) in [4.78, 5) is 8.54. The minimum absolute atomic E-state index is 0.101. The number of aromatic nitrogens is 2. The van der Waals surface area contributed by atoms with Crippen molar-refractivity contribution in [1.29, 1.82) is 0 Å². The largest absolute Gasteiger partial charge is 0.437 e. The monoisotopic (exact) mass is 429 g/mol. The normalized spacial score (nSPS) is 17.5. The summed E-state index contributed by atoms with van der Waals surface area (Å²) in [5.41, 5.74) is 1.27. The molecule has 0 aliphatic carbocycles. The fourth-order valence-electron chi connectivity index (χ4n) is 3.03. The van der Waals surface area contributed by atoms with Crippen LogP contribution in [0, 0.1) is 5.41 Å². The molecule has 2 aromatic rings. The van der Waals surface area contributed by atoms with Gasteiger partial charge in [0, 0.05) is 30.3 Å². The van der Waals surface area contributed by atoms with Crippen molar-refractivity contribution < 1.29 is 13.2 Å². The van der Waals surface area contributed by atoms with Crippen molar-refractivity contribution in [2.45, 2.75) is 38.4 Å². The molecule has 0 saturated heterocycles. The van der Waals surface area contributed by atoms with Gasteiger partial charge in [-0.2, -0.15) is 4.98 Å². The maximum atomic E-state index is 12.1. The lowest BCUT2D eigenvalue weighted by Crippen LogP contribution is -2.39. The summed E-state index contributed by atoms with van der Waals surface area (Å²) < 4.78 is 30.1. The highest BCUT2D eigenvalue weighted by atomic mass is 35.5. The molecule has 0 saturated carbocycles. The van der Waals surface area contributed by atoms with E-state index in [-0.39, 0.29) is 22.5 Å². The molecular weight excluding hydrogens is 409 g/mol. The van der Waals surface area contributed by atoms with Gasteiger partial charge in [0.25, 0.3) is 0 Å². The second-order valence-corrected chi connectivity index (χ2v) is 10.4. The van der Waals surface area contributed by atoms with E-state index < -0.39 is 9.84 Å². The summed E-state index contributed by atoms with van der Waals surface area (Å²) in [5, 5.41) is 3.99. The lowest BCUT2D eigenvalue weighted by molar-refractivity contribution is 0.252. The standard InChI is InChI=1S/C18H21Cl2N3O3S/c1-18(2,3)15-14-12(7-8-21-15)22-17(27(4,24)25)23-16(14)26-13-6-5-10(19)9-11(13)20/h5-6,9,15,21H,7-8H2,1-4H3. The number of nitrogens with one attached hydrogen (secondary N) is 1. The topological polar surface area (TPSA) is 81.2 Å². The van der Waals surface area contributed by atoms with Crippen LogP contribution >= 0.6 is 23.2 Å². The molecule has 1 aromatic heterocycles. The Balaban J connectivity index is 2.20. The maximum absolute atomic E-state index is 12.1. The molecule has 1 aromatic carbocycles. The third-order valence-electron chi connectivity index (χ3n) is 4.27. The average molecular weight is 430 g/mol. The van der Waals surface area contributed by atoms with Gasteiger partial charge in [0.2, 0.25) is 20.9 Å². The Labute approximate surface area is 169 Å². The highest BCUT2D eigenvalue weighted by Crippen LogP contribution is 2.42. The van der Waals surface area contributed by atoms with Gasteiger partial charge >= 0.3 is 0 Å². The zero-order valence-corrected chi connectivity index (χ0v) is 17.8. The number of hydrogen-bond acceptors (Lipinski definition) is 6. The number of sulfone groups is 1. The van der Waals surface area contributed by atoms with Gasteiger partial charge in [-0.15, -0.1) is 0 Å². The van der Waals surface area contributed by atoms with Gasteiger partial charge in [-0.1, -0.05) is 44.0 Å². The van der Waals surface area contributed by atoms with Crippen molar-refractivity contribution in [1.82, 2.24) is 15.3 Å². The van der Waals surface area contributed by atoms with Crippen LogP contribution in [0.25, 0.3) is 0 Å². The summed E-state index contributed by atoms with van der Waals surface area (Å²) in [6.45, 7) is 6.95. The SMILES string of the molecule is CC(C)(C)C1NCCc2nc(S(C)(=O)=O)nc(Oc3ccc(Cl)cc3Cl)c21. The molecule has 3 rings (SSSR count). The van der Waals surface area contributed by atoms with Crippen LogP contribution in [0.5, 0.6) is 11.6 Å². The van der Waals surface area contributed by atoms with E-state index in [1.165, 1.54) is 0 Å². The third kappa shape index (κ3) is 4.37. The molecule has 1 aliphatic heterocycles. The molecule has 0 amide bonds. The summed E-state index contributed by atoms with van der Waals surface area (Å²) in [7, 11) is -3.60. The number of hydrogen-bond donors (Lipinski definition) is 1. The third-order valence-corrected chi connectivity index (χ3v) is 5.64. The van der Waals surface area contributed by atoms with E-state index in [1.54, 1.807) is 18.2 Å². The number of halogens is 2. The molecule has 9 heteroatoms. The highest BCUT2D eigenvalue weighted by molar-refractivity contribution is 7.90. The fourth-order valence-corrected chi connectivity index (χ4v) is 4.01. The zero-order valence-electron chi connectivity index (χ0n) is 15.5. The van der Waals surface area contributed by atoms with Crippen molar-refractivity contribution in [3.05, 3.63) is 39.5 Å². The number of benzene rings is 1. The molecule has 146 valence electrons. The predicted molar refractivity (Wildman–Crippen MR) is 106 cm³/mol. The molecule has 6 nitrogen and oxygen atoms in total. The van der Waals surface area contributed by atoms with Crippen LogP contribution < -0.4 is 10.1 Å². The minimum atomic E-state index is -3.60. The number of fused-ring (bicyclic) bond motifs is 1. The Morgan fingerprint density at radius 3 is 2.52 bits per heavy atom. The van der Waals surface area contributed by atoms with Gasteiger partial charge in [-0.05, 0) is 23.6 Å². The number of rotatable bonds is 3.